The van der Waals surface area contributed by atoms with Crippen LogP contribution in [-0.2, 0) is 4.74 Å². The second kappa shape index (κ2) is 7.46. The average molecular weight is 254 g/mol. The van der Waals surface area contributed by atoms with Crippen molar-refractivity contribution in [3.8, 4) is 0 Å². The minimum atomic E-state index is 0.403. The number of hydrogen-bond donors (Lipinski definition) is 1. The Morgan fingerprint density at radius 1 is 1.06 bits per heavy atom. The molecule has 1 saturated carbocycles. The van der Waals surface area contributed by atoms with Crippen molar-refractivity contribution in [2.75, 3.05) is 26.2 Å². The third kappa shape index (κ3) is 4.87. The highest BCUT2D eigenvalue weighted by Crippen LogP contribution is 2.17. The molecule has 0 radical (unpaired) electrons. The maximum Gasteiger partial charge on any atom is 0.0678 e. The third-order valence-corrected chi connectivity index (χ3v) is 4.18. The van der Waals surface area contributed by atoms with Crippen molar-refractivity contribution in [2.24, 2.45) is 0 Å². The van der Waals surface area contributed by atoms with Crippen molar-refractivity contribution < 1.29 is 4.74 Å². The Bertz CT molecular complexity index is 219. The molecule has 18 heavy (non-hydrogen) atoms. The fourth-order valence-corrected chi connectivity index (χ4v) is 3.38. The number of ether oxygens (including phenoxy) is 1. The van der Waals surface area contributed by atoms with Gasteiger partial charge in [-0.15, -0.1) is 0 Å². The largest absolute Gasteiger partial charge is 0.373 e. The van der Waals surface area contributed by atoms with Gasteiger partial charge in [0, 0.05) is 19.1 Å². The Morgan fingerprint density at radius 2 is 1.72 bits per heavy atom. The van der Waals surface area contributed by atoms with Crippen LogP contribution in [0.25, 0.3) is 0 Å². The lowest BCUT2D eigenvalue weighted by molar-refractivity contribution is -0.0680. The molecule has 0 aromatic carbocycles. The molecule has 3 nitrogen and oxygen atoms in total. The molecule has 2 rings (SSSR count). The lowest BCUT2D eigenvalue weighted by Gasteiger charge is -2.35. The minimum Gasteiger partial charge on any atom is -0.373 e. The molecule has 0 spiro atoms. The zero-order chi connectivity index (χ0) is 12.8. The Hall–Kier alpha value is -0.120. The summed E-state index contributed by atoms with van der Waals surface area (Å²) in [6, 6.07) is 0.807. The van der Waals surface area contributed by atoms with E-state index >= 15 is 0 Å². The fraction of sp³-hybridized carbons (Fsp3) is 1.00. The second-order valence-electron chi connectivity index (χ2n) is 6.16. The summed E-state index contributed by atoms with van der Waals surface area (Å²) in [5.74, 6) is 0. The van der Waals surface area contributed by atoms with Crippen molar-refractivity contribution in [3.63, 3.8) is 0 Å². The van der Waals surface area contributed by atoms with Crippen molar-refractivity contribution in [2.45, 2.75) is 70.6 Å². The van der Waals surface area contributed by atoms with Gasteiger partial charge in [0.05, 0.1) is 12.2 Å². The van der Waals surface area contributed by atoms with Crippen LogP contribution in [-0.4, -0.2) is 49.3 Å². The fourth-order valence-electron chi connectivity index (χ4n) is 3.38. The molecule has 3 heteroatoms. The smallest absolute Gasteiger partial charge is 0.0678 e. The summed E-state index contributed by atoms with van der Waals surface area (Å²) in [6.07, 6.45) is 9.17. The molecule has 2 atom stereocenters. The van der Waals surface area contributed by atoms with Crippen LogP contribution >= 0.6 is 0 Å². The molecule has 0 bridgehead atoms. The summed E-state index contributed by atoms with van der Waals surface area (Å²) in [5.41, 5.74) is 0. The quantitative estimate of drug-likeness (QED) is 0.763. The zero-order valence-electron chi connectivity index (χ0n) is 12.2. The first kappa shape index (κ1) is 14.3. The molecule has 0 aromatic heterocycles. The number of nitrogens with one attached hydrogen (secondary N) is 1. The van der Waals surface area contributed by atoms with E-state index < -0.39 is 0 Å². The van der Waals surface area contributed by atoms with E-state index in [9.17, 15) is 0 Å². The molecule has 1 aliphatic heterocycles. The van der Waals surface area contributed by atoms with Gasteiger partial charge in [-0.25, -0.2) is 0 Å². The van der Waals surface area contributed by atoms with E-state index in [4.69, 9.17) is 4.74 Å². The van der Waals surface area contributed by atoms with Gasteiger partial charge in [-0.1, -0.05) is 19.3 Å². The van der Waals surface area contributed by atoms with Crippen LogP contribution in [0.2, 0.25) is 0 Å². The van der Waals surface area contributed by atoms with E-state index in [1.54, 1.807) is 0 Å². The van der Waals surface area contributed by atoms with Crippen molar-refractivity contribution in [3.05, 3.63) is 0 Å². The molecule has 106 valence electrons. The summed E-state index contributed by atoms with van der Waals surface area (Å²) >= 11 is 0. The van der Waals surface area contributed by atoms with Gasteiger partial charge in [0.1, 0.15) is 0 Å². The van der Waals surface area contributed by atoms with Crippen molar-refractivity contribution in [1.82, 2.24) is 10.2 Å². The normalized spacial score (nSPS) is 31.7. The number of rotatable bonds is 5. The molecule has 1 aliphatic carbocycles. The Balaban J connectivity index is 1.54. The van der Waals surface area contributed by atoms with Gasteiger partial charge in [-0.2, -0.15) is 0 Å². The van der Waals surface area contributed by atoms with Gasteiger partial charge in [-0.3, -0.25) is 4.90 Å². The first-order chi connectivity index (χ1) is 8.74. The maximum atomic E-state index is 5.76. The summed E-state index contributed by atoms with van der Waals surface area (Å²) in [4.78, 5) is 2.56. The van der Waals surface area contributed by atoms with Crippen LogP contribution in [0.4, 0.5) is 0 Å². The summed E-state index contributed by atoms with van der Waals surface area (Å²) < 4.78 is 5.76. The van der Waals surface area contributed by atoms with E-state index in [0.717, 1.165) is 19.1 Å². The van der Waals surface area contributed by atoms with E-state index in [2.05, 4.69) is 24.1 Å². The van der Waals surface area contributed by atoms with Crippen LogP contribution in [0.1, 0.15) is 52.4 Å². The molecular weight excluding hydrogens is 224 g/mol. The van der Waals surface area contributed by atoms with Crippen molar-refractivity contribution in [1.29, 1.82) is 0 Å². The lowest BCUT2D eigenvalue weighted by atomic mass is 9.95. The molecule has 2 aliphatic rings. The predicted octanol–water partition coefficient (Wildman–Crippen LogP) is 2.41. The SMILES string of the molecule is CC1CN(CCCNC2CCCCC2)CC(C)O1. The summed E-state index contributed by atoms with van der Waals surface area (Å²) in [7, 11) is 0. The molecule has 2 unspecified atom stereocenters. The van der Waals surface area contributed by atoms with Gasteiger partial charge in [0.25, 0.3) is 0 Å². The van der Waals surface area contributed by atoms with Crippen LogP contribution < -0.4 is 5.32 Å². The highest BCUT2D eigenvalue weighted by Gasteiger charge is 2.21. The molecule has 2 fully saturated rings. The van der Waals surface area contributed by atoms with Gasteiger partial charge in [-0.05, 0) is 46.2 Å². The number of hydrogen-bond acceptors (Lipinski definition) is 3. The van der Waals surface area contributed by atoms with Gasteiger partial charge in [0.2, 0.25) is 0 Å². The molecule has 1 saturated heterocycles. The van der Waals surface area contributed by atoms with E-state index in [1.807, 2.05) is 0 Å². The highest BCUT2D eigenvalue weighted by atomic mass is 16.5. The predicted molar refractivity (Wildman–Crippen MR) is 75.9 cm³/mol. The van der Waals surface area contributed by atoms with Gasteiger partial charge >= 0.3 is 0 Å². The Labute approximate surface area is 112 Å². The Kier molecular flexibility index (Phi) is 5.93. The van der Waals surface area contributed by atoms with E-state index in [0.29, 0.717) is 12.2 Å². The molecule has 0 aromatic rings. The molecular formula is C15H30N2O. The third-order valence-electron chi connectivity index (χ3n) is 4.18. The first-order valence-corrected chi connectivity index (χ1v) is 7.85. The Morgan fingerprint density at radius 3 is 2.39 bits per heavy atom. The monoisotopic (exact) mass is 254 g/mol. The van der Waals surface area contributed by atoms with Crippen LogP contribution in [0.3, 0.4) is 0 Å². The van der Waals surface area contributed by atoms with Gasteiger partial charge in [0.15, 0.2) is 0 Å². The second-order valence-corrected chi connectivity index (χ2v) is 6.16. The summed E-state index contributed by atoms with van der Waals surface area (Å²) in [6.45, 7) is 8.98. The molecule has 1 heterocycles. The highest BCUT2D eigenvalue weighted by molar-refractivity contribution is 4.75. The lowest BCUT2D eigenvalue weighted by Crippen LogP contribution is -2.46. The van der Waals surface area contributed by atoms with Crippen LogP contribution in [0.15, 0.2) is 0 Å². The minimum absolute atomic E-state index is 0.403. The maximum absolute atomic E-state index is 5.76. The van der Waals surface area contributed by atoms with Crippen LogP contribution in [0, 0.1) is 0 Å². The average Bonchev–Trinajstić information content (AvgIpc) is 2.35. The molecule has 1 N–H and O–H groups in total. The number of morpholine rings is 1. The van der Waals surface area contributed by atoms with Gasteiger partial charge < -0.3 is 10.1 Å². The number of nitrogens with zero attached hydrogens (tertiary/aromatic N) is 1. The van der Waals surface area contributed by atoms with E-state index in [1.165, 1.54) is 51.6 Å². The van der Waals surface area contributed by atoms with E-state index in [-0.39, 0.29) is 0 Å². The summed E-state index contributed by atoms with van der Waals surface area (Å²) in [5, 5.41) is 3.73. The van der Waals surface area contributed by atoms with Crippen molar-refractivity contribution >= 4 is 0 Å². The zero-order valence-corrected chi connectivity index (χ0v) is 12.2. The first-order valence-electron chi connectivity index (χ1n) is 7.85. The molecule has 0 amide bonds. The van der Waals surface area contributed by atoms with Crippen LogP contribution in [0.5, 0.6) is 0 Å². The standard InChI is InChI=1S/C15H30N2O/c1-13-11-17(12-14(2)18-13)10-6-9-16-15-7-4-3-5-8-15/h13-16H,3-12H2,1-2H3. The topological polar surface area (TPSA) is 24.5 Å².